The van der Waals surface area contributed by atoms with Crippen molar-refractivity contribution >= 4 is 5.97 Å². The number of benzene rings is 1. The molecule has 0 saturated heterocycles. The number of hydrogen-bond acceptors (Lipinski definition) is 3. The van der Waals surface area contributed by atoms with Gasteiger partial charge in [0.25, 0.3) is 0 Å². The Balaban J connectivity index is 2.56. The molecule has 15 heavy (non-hydrogen) atoms. The average Bonchev–Trinajstić information content (AvgIpc) is 2.43. The summed E-state index contributed by atoms with van der Waals surface area (Å²) in [5, 5.41) is 8.99. The molecule has 0 aromatic heterocycles. The Morgan fingerprint density at radius 2 is 1.93 bits per heavy atom. The van der Waals surface area contributed by atoms with E-state index in [2.05, 4.69) is 0 Å². The van der Waals surface area contributed by atoms with Gasteiger partial charge in [-0.25, -0.2) is 4.79 Å². The number of ether oxygens (including phenoxy) is 2. The summed E-state index contributed by atoms with van der Waals surface area (Å²) in [6, 6.07) is 3.28. The second-order valence-electron chi connectivity index (χ2n) is 3.44. The van der Waals surface area contributed by atoms with Crippen molar-refractivity contribution in [1.29, 1.82) is 0 Å². The predicted octanol–water partition coefficient (Wildman–Crippen LogP) is 1.85. The van der Waals surface area contributed by atoms with Crippen LogP contribution in [0.4, 0.5) is 0 Å². The van der Waals surface area contributed by atoms with Crippen molar-refractivity contribution in [3.8, 4) is 11.5 Å². The van der Waals surface area contributed by atoms with Gasteiger partial charge >= 0.3 is 5.97 Å². The van der Waals surface area contributed by atoms with Crippen molar-refractivity contribution in [1.82, 2.24) is 0 Å². The van der Waals surface area contributed by atoms with Crippen molar-refractivity contribution in [2.24, 2.45) is 0 Å². The maximum atomic E-state index is 11.0. The highest BCUT2D eigenvalue weighted by Crippen LogP contribution is 2.36. The first-order valence-corrected chi connectivity index (χ1v) is 4.82. The molecule has 1 aliphatic rings. The van der Waals surface area contributed by atoms with Crippen molar-refractivity contribution in [3.05, 3.63) is 23.3 Å². The van der Waals surface area contributed by atoms with Crippen molar-refractivity contribution in [2.75, 3.05) is 13.2 Å². The molecule has 0 aliphatic carbocycles. The number of carboxylic acid groups (broad SMARTS) is 1. The molecule has 1 aliphatic heterocycles. The Kier molecular flexibility index (Phi) is 2.49. The Morgan fingerprint density at radius 3 is 2.60 bits per heavy atom. The second-order valence-corrected chi connectivity index (χ2v) is 3.44. The summed E-state index contributed by atoms with van der Waals surface area (Å²) in [4.78, 5) is 11.0. The monoisotopic (exact) mass is 208 g/mol. The third kappa shape index (κ3) is 1.75. The van der Waals surface area contributed by atoms with E-state index in [1.807, 2.05) is 6.92 Å². The molecule has 0 atom stereocenters. The van der Waals surface area contributed by atoms with Crippen molar-refractivity contribution < 1.29 is 19.4 Å². The van der Waals surface area contributed by atoms with Crippen LogP contribution in [-0.2, 0) is 0 Å². The van der Waals surface area contributed by atoms with E-state index in [4.69, 9.17) is 14.6 Å². The largest absolute Gasteiger partial charge is 0.489 e. The van der Waals surface area contributed by atoms with Crippen LogP contribution in [-0.4, -0.2) is 24.3 Å². The molecule has 4 heteroatoms. The molecule has 0 bridgehead atoms. The molecule has 0 spiro atoms. The molecule has 0 radical (unpaired) electrons. The minimum Gasteiger partial charge on any atom is -0.489 e. The summed E-state index contributed by atoms with van der Waals surface area (Å²) in [5.74, 6) is -0.0656. The molecule has 0 fully saturated rings. The minimum absolute atomic E-state index is 0.164. The maximum Gasteiger partial charge on any atom is 0.339 e. The van der Waals surface area contributed by atoms with Crippen LogP contribution < -0.4 is 9.47 Å². The van der Waals surface area contributed by atoms with Crippen LogP contribution in [0.25, 0.3) is 0 Å². The lowest BCUT2D eigenvalue weighted by molar-refractivity contribution is 0.0692. The van der Waals surface area contributed by atoms with Gasteiger partial charge < -0.3 is 14.6 Å². The third-order valence-corrected chi connectivity index (χ3v) is 2.32. The Labute approximate surface area is 87.4 Å². The van der Waals surface area contributed by atoms with Crippen LogP contribution in [0.2, 0.25) is 0 Å². The number of fused-ring (bicyclic) bond motifs is 1. The highest BCUT2D eigenvalue weighted by Gasteiger charge is 2.20. The standard InChI is InChI=1S/C11H12O4/c1-7-3-4-8(11(12)13)10-9(7)14-5-2-6-15-10/h3-4H,2,5-6H2,1H3,(H,12,13). The van der Waals surface area contributed by atoms with E-state index < -0.39 is 5.97 Å². The first kappa shape index (κ1) is 9.83. The first-order chi connectivity index (χ1) is 7.20. The van der Waals surface area contributed by atoms with Crippen LogP contribution in [0.5, 0.6) is 11.5 Å². The second kappa shape index (κ2) is 3.81. The molecule has 4 nitrogen and oxygen atoms in total. The highest BCUT2D eigenvalue weighted by atomic mass is 16.5. The molecule has 2 rings (SSSR count). The van der Waals surface area contributed by atoms with Gasteiger partial charge in [0.05, 0.1) is 13.2 Å². The van der Waals surface area contributed by atoms with Crippen LogP contribution in [0, 0.1) is 6.92 Å². The average molecular weight is 208 g/mol. The van der Waals surface area contributed by atoms with E-state index in [-0.39, 0.29) is 5.56 Å². The van der Waals surface area contributed by atoms with Gasteiger partial charge in [-0.15, -0.1) is 0 Å². The molecule has 1 N–H and O–H groups in total. The topological polar surface area (TPSA) is 55.8 Å². The van der Waals surface area contributed by atoms with Gasteiger partial charge in [0.2, 0.25) is 0 Å². The fraction of sp³-hybridized carbons (Fsp3) is 0.364. The molecule has 0 amide bonds. The summed E-state index contributed by atoms with van der Waals surface area (Å²) in [6.45, 7) is 2.94. The lowest BCUT2D eigenvalue weighted by Crippen LogP contribution is -2.03. The summed E-state index contributed by atoms with van der Waals surface area (Å²) < 4.78 is 10.9. The smallest absolute Gasteiger partial charge is 0.339 e. The lowest BCUT2D eigenvalue weighted by Gasteiger charge is -2.12. The Bertz CT molecular complexity index is 398. The quantitative estimate of drug-likeness (QED) is 0.765. The maximum absolute atomic E-state index is 11.0. The number of aryl methyl sites for hydroxylation is 1. The third-order valence-electron chi connectivity index (χ3n) is 2.32. The van der Waals surface area contributed by atoms with E-state index in [0.717, 1.165) is 12.0 Å². The molecule has 1 heterocycles. The first-order valence-electron chi connectivity index (χ1n) is 4.82. The zero-order valence-electron chi connectivity index (χ0n) is 8.45. The number of rotatable bonds is 1. The molecule has 80 valence electrons. The van der Waals surface area contributed by atoms with Gasteiger partial charge in [-0.05, 0) is 18.6 Å². The molecular formula is C11H12O4. The number of hydrogen-bond donors (Lipinski definition) is 1. The molecule has 0 saturated carbocycles. The molecule has 1 aromatic rings. The normalized spacial score (nSPS) is 14.5. The van der Waals surface area contributed by atoms with Crippen molar-refractivity contribution in [2.45, 2.75) is 13.3 Å². The SMILES string of the molecule is Cc1ccc(C(=O)O)c2c1OCCCO2. The van der Waals surface area contributed by atoms with E-state index in [1.54, 1.807) is 12.1 Å². The van der Waals surface area contributed by atoms with Gasteiger partial charge in [-0.3, -0.25) is 0 Å². The fourth-order valence-electron chi connectivity index (χ4n) is 1.56. The number of carboxylic acids is 1. The Morgan fingerprint density at radius 1 is 1.27 bits per heavy atom. The lowest BCUT2D eigenvalue weighted by atomic mass is 10.1. The zero-order valence-corrected chi connectivity index (χ0v) is 8.45. The Hall–Kier alpha value is -1.71. The summed E-state index contributed by atoms with van der Waals surface area (Å²) in [5.41, 5.74) is 1.06. The molecule has 0 unspecified atom stereocenters. The van der Waals surface area contributed by atoms with Gasteiger partial charge in [0, 0.05) is 6.42 Å². The van der Waals surface area contributed by atoms with E-state index >= 15 is 0 Å². The molecule has 1 aromatic carbocycles. The van der Waals surface area contributed by atoms with E-state index in [9.17, 15) is 4.79 Å². The summed E-state index contributed by atoms with van der Waals surface area (Å²) in [6.07, 6.45) is 0.771. The zero-order chi connectivity index (χ0) is 10.8. The van der Waals surface area contributed by atoms with Gasteiger partial charge in [-0.2, -0.15) is 0 Å². The number of carbonyl (C=O) groups is 1. The van der Waals surface area contributed by atoms with Crippen LogP contribution in [0.3, 0.4) is 0 Å². The van der Waals surface area contributed by atoms with Crippen LogP contribution in [0.1, 0.15) is 22.3 Å². The predicted molar refractivity (Wildman–Crippen MR) is 53.7 cm³/mol. The number of aromatic carboxylic acids is 1. The van der Waals surface area contributed by atoms with Crippen LogP contribution in [0.15, 0.2) is 12.1 Å². The summed E-state index contributed by atoms with van der Waals surface area (Å²) >= 11 is 0. The van der Waals surface area contributed by atoms with Crippen molar-refractivity contribution in [3.63, 3.8) is 0 Å². The van der Waals surface area contributed by atoms with Gasteiger partial charge in [0.15, 0.2) is 11.5 Å². The summed E-state index contributed by atoms with van der Waals surface area (Å²) in [7, 11) is 0. The highest BCUT2D eigenvalue weighted by molar-refractivity contribution is 5.92. The molecular weight excluding hydrogens is 196 g/mol. The van der Waals surface area contributed by atoms with Gasteiger partial charge in [-0.1, -0.05) is 6.07 Å². The van der Waals surface area contributed by atoms with Crippen LogP contribution >= 0.6 is 0 Å². The van der Waals surface area contributed by atoms with Gasteiger partial charge in [0.1, 0.15) is 5.56 Å². The van der Waals surface area contributed by atoms with E-state index in [0.29, 0.717) is 24.7 Å². The van der Waals surface area contributed by atoms with E-state index in [1.165, 1.54) is 0 Å². The minimum atomic E-state index is -0.989. The fourth-order valence-corrected chi connectivity index (χ4v) is 1.56.